The molecule has 0 bridgehead atoms. The predicted octanol–water partition coefficient (Wildman–Crippen LogP) is 1.88. The van der Waals surface area contributed by atoms with Gasteiger partial charge in [0, 0.05) is 30.5 Å². The highest BCUT2D eigenvalue weighted by Crippen LogP contribution is 2.22. The Bertz CT molecular complexity index is 558. The highest BCUT2D eigenvalue weighted by Gasteiger charge is 2.41. The second-order valence-corrected chi connectivity index (χ2v) is 5.81. The van der Waals surface area contributed by atoms with Crippen molar-refractivity contribution in [1.29, 1.82) is 0 Å². The van der Waals surface area contributed by atoms with E-state index in [1.807, 2.05) is 0 Å². The molecule has 5 nitrogen and oxygen atoms in total. The SMILES string of the molecule is O=C(Cc1cc(F)ccc1Br)NC1(C(=O)O)CCOCC1. The Hall–Kier alpha value is -1.47. The monoisotopic (exact) mass is 359 g/mol. The van der Waals surface area contributed by atoms with Crippen LogP contribution in [0.5, 0.6) is 0 Å². The largest absolute Gasteiger partial charge is 0.480 e. The molecule has 1 saturated heterocycles. The first-order valence-corrected chi connectivity index (χ1v) is 7.28. The normalized spacial score (nSPS) is 17.2. The first-order valence-electron chi connectivity index (χ1n) is 6.49. The van der Waals surface area contributed by atoms with Gasteiger partial charge in [-0.05, 0) is 23.8 Å². The molecule has 7 heteroatoms. The lowest BCUT2D eigenvalue weighted by Crippen LogP contribution is -2.57. The molecule has 2 N–H and O–H groups in total. The van der Waals surface area contributed by atoms with E-state index < -0.39 is 23.2 Å². The fourth-order valence-electron chi connectivity index (χ4n) is 2.28. The van der Waals surface area contributed by atoms with Gasteiger partial charge in [0.15, 0.2) is 0 Å². The lowest BCUT2D eigenvalue weighted by molar-refractivity contribution is -0.152. The highest BCUT2D eigenvalue weighted by atomic mass is 79.9. The zero-order valence-corrected chi connectivity index (χ0v) is 12.8. The summed E-state index contributed by atoms with van der Waals surface area (Å²) in [7, 11) is 0. The van der Waals surface area contributed by atoms with Crippen LogP contribution in [0.15, 0.2) is 22.7 Å². The van der Waals surface area contributed by atoms with Crippen LogP contribution in [-0.2, 0) is 20.7 Å². The van der Waals surface area contributed by atoms with Crippen LogP contribution in [0, 0.1) is 5.82 Å². The van der Waals surface area contributed by atoms with Crippen LogP contribution < -0.4 is 5.32 Å². The molecular formula is C14H15BrFNO4. The average molecular weight is 360 g/mol. The van der Waals surface area contributed by atoms with Crippen LogP contribution >= 0.6 is 15.9 Å². The molecule has 1 heterocycles. The van der Waals surface area contributed by atoms with E-state index in [-0.39, 0.29) is 32.5 Å². The summed E-state index contributed by atoms with van der Waals surface area (Å²) >= 11 is 3.24. The third-order valence-electron chi connectivity index (χ3n) is 3.49. The summed E-state index contributed by atoms with van der Waals surface area (Å²) in [6.07, 6.45) is 0.352. The van der Waals surface area contributed by atoms with E-state index in [1.54, 1.807) is 0 Å². The van der Waals surface area contributed by atoms with Crippen molar-refractivity contribution in [1.82, 2.24) is 5.32 Å². The number of aliphatic carboxylic acids is 1. The Morgan fingerprint density at radius 3 is 2.67 bits per heavy atom. The van der Waals surface area contributed by atoms with Gasteiger partial charge in [-0.3, -0.25) is 4.79 Å². The summed E-state index contributed by atoms with van der Waals surface area (Å²) in [6.45, 7) is 0.576. The number of rotatable bonds is 4. The molecule has 1 fully saturated rings. The number of nitrogens with one attached hydrogen (secondary N) is 1. The van der Waals surface area contributed by atoms with Crippen LogP contribution in [0.2, 0.25) is 0 Å². The van der Waals surface area contributed by atoms with E-state index in [2.05, 4.69) is 21.2 Å². The fraction of sp³-hybridized carbons (Fsp3) is 0.429. The zero-order valence-electron chi connectivity index (χ0n) is 11.2. The number of hydrogen-bond acceptors (Lipinski definition) is 3. The van der Waals surface area contributed by atoms with Crippen LogP contribution in [0.4, 0.5) is 4.39 Å². The van der Waals surface area contributed by atoms with Gasteiger partial charge in [0.2, 0.25) is 5.91 Å². The van der Waals surface area contributed by atoms with Crippen molar-refractivity contribution in [2.75, 3.05) is 13.2 Å². The van der Waals surface area contributed by atoms with Crippen LogP contribution in [-0.4, -0.2) is 35.7 Å². The minimum Gasteiger partial charge on any atom is -0.480 e. The molecule has 1 aromatic rings. The molecule has 1 amide bonds. The fourth-order valence-corrected chi connectivity index (χ4v) is 2.66. The standard InChI is InChI=1S/C14H15BrFNO4/c15-11-2-1-10(16)7-9(11)8-12(18)17-14(13(19)20)3-5-21-6-4-14/h1-2,7H,3-6,8H2,(H,17,18)(H,19,20). The number of ether oxygens (including phenoxy) is 1. The summed E-state index contributed by atoms with van der Waals surface area (Å²) in [5, 5.41) is 11.9. The zero-order chi connectivity index (χ0) is 15.5. The predicted molar refractivity (Wildman–Crippen MR) is 76.4 cm³/mol. The van der Waals surface area contributed by atoms with Crippen molar-refractivity contribution in [3.8, 4) is 0 Å². The molecule has 21 heavy (non-hydrogen) atoms. The first kappa shape index (κ1) is 15.9. The number of benzene rings is 1. The van der Waals surface area contributed by atoms with E-state index >= 15 is 0 Å². The van der Waals surface area contributed by atoms with Gasteiger partial charge >= 0.3 is 5.97 Å². The van der Waals surface area contributed by atoms with Crippen molar-refractivity contribution in [3.05, 3.63) is 34.1 Å². The topological polar surface area (TPSA) is 75.6 Å². The molecule has 1 aromatic carbocycles. The third kappa shape index (κ3) is 3.79. The number of carbonyl (C=O) groups is 2. The number of amides is 1. The third-order valence-corrected chi connectivity index (χ3v) is 4.27. The Morgan fingerprint density at radius 2 is 2.05 bits per heavy atom. The van der Waals surface area contributed by atoms with Crippen molar-refractivity contribution >= 4 is 27.8 Å². The maximum Gasteiger partial charge on any atom is 0.329 e. The highest BCUT2D eigenvalue weighted by molar-refractivity contribution is 9.10. The van der Waals surface area contributed by atoms with Gasteiger partial charge in [0.05, 0.1) is 6.42 Å². The second kappa shape index (κ2) is 6.53. The molecule has 0 saturated carbocycles. The minimum atomic E-state index is -1.30. The first-order chi connectivity index (χ1) is 9.93. The molecule has 0 aliphatic carbocycles. The molecular weight excluding hydrogens is 345 g/mol. The van der Waals surface area contributed by atoms with Gasteiger partial charge in [0.1, 0.15) is 11.4 Å². The van der Waals surface area contributed by atoms with E-state index in [9.17, 15) is 19.1 Å². The Balaban J connectivity index is 2.09. The van der Waals surface area contributed by atoms with E-state index in [1.165, 1.54) is 18.2 Å². The lowest BCUT2D eigenvalue weighted by Gasteiger charge is -2.33. The smallest absolute Gasteiger partial charge is 0.329 e. The maximum atomic E-state index is 13.2. The van der Waals surface area contributed by atoms with E-state index in [4.69, 9.17) is 4.74 Å². The summed E-state index contributed by atoms with van der Waals surface area (Å²) < 4.78 is 18.9. The quantitative estimate of drug-likeness (QED) is 0.860. The summed E-state index contributed by atoms with van der Waals surface area (Å²) in [5.74, 6) is -1.97. The van der Waals surface area contributed by atoms with Crippen molar-refractivity contribution in [3.63, 3.8) is 0 Å². The molecule has 2 rings (SSSR count). The van der Waals surface area contributed by atoms with Gasteiger partial charge in [-0.2, -0.15) is 0 Å². The van der Waals surface area contributed by atoms with Crippen LogP contribution in [0.1, 0.15) is 18.4 Å². The van der Waals surface area contributed by atoms with Gasteiger partial charge in [-0.15, -0.1) is 0 Å². The summed E-state index contributed by atoms with van der Waals surface area (Å²) in [5.41, 5.74) is -0.824. The minimum absolute atomic E-state index is 0.0891. The Morgan fingerprint density at radius 1 is 1.38 bits per heavy atom. The van der Waals surface area contributed by atoms with Gasteiger partial charge in [-0.1, -0.05) is 15.9 Å². The number of carboxylic acids is 1. The number of carbonyl (C=O) groups excluding carboxylic acids is 1. The molecule has 0 spiro atoms. The van der Waals surface area contributed by atoms with Crippen molar-refractivity contribution < 1.29 is 23.8 Å². The molecule has 0 radical (unpaired) electrons. The Kier molecular flexibility index (Phi) is 4.95. The number of hydrogen-bond donors (Lipinski definition) is 2. The molecule has 1 aliphatic rings. The maximum absolute atomic E-state index is 13.2. The number of halogens is 2. The summed E-state index contributed by atoms with van der Waals surface area (Å²) in [6, 6.07) is 4.04. The van der Waals surface area contributed by atoms with E-state index in [0.29, 0.717) is 10.0 Å². The molecule has 0 unspecified atom stereocenters. The van der Waals surface area contributed by atoms with Gasteiger partial charge in [-0.25, -0.2) is 9.18 Å². The molecule has 0 aromatic heterocycles. The van der Waals surface area contributed by atoms with Crippen LogP contribution in [0.25, 0.3) is 0 Å². The van der Waals surface area contributed by atoms with E-state index in [0.717, 1.165) is 0 Å². The second-order valence-electron chi connectivity index (χ2n) is 4.96. The van der Waals surface area contributed by atoms with Crippen molar-refractivity contribution in [2.24, 2.45) is 0 Å². The van der Waals surface area contributed by atoms with Crippen LogP contribution in [0.3, 0.4) is 0 Å². The Labute approximate surface area is 129 Å². The lowest BCUT2D eigenvalue weighted by atomic mass is 9.90. The molecule has 0 atom stereocenters. The number of carboxylic acid groups (broad SMARTS) is 1. The summed E-state index contributed by atoms with van der Waals surface area (Å²) in [4.78, 5) is 23.5. The molecule has 114 valence electrons. The molecule has 1 aliphatic heterocycles. The average Bonchev–Trinajstić information content (AvgIpc) is 2.43. The van der Waals surface area contributed by atoms with Gasteiger partial charge < -0.3 is 15.2 Å². The van der Waals surface area contributed by atoms with Gasteiger partial charge in [0.25, 0.3) is 0 Å². The van der Waals surface area contributed by atoms with Crippen molar-refractivity contribution in [2.45, 2.75) is 24.8 Å².